The average Bonchev–Trinajstić information content (AvgIpc) is 2.36. The van der Waals surface area contributed by atoms with Gasteiger partial charge in [-0.2, -0.15) is 0 Å². The fourth-order valence-electron chi connectivity index (χ4n) is 0.764. The molecule has 0 radical (unpaired) electrons. The molecule has 4 heteroatoms. The second kappa shape index (κ2) is 3.39. The van der Waals surface area contributed by atoms with Gasteiger partial charge in [-0.25, -0.2) is 0 Å². The zero-order valence-electron chi connectivity index (χ0n) is 6.26. The summed E-state index contributed by atoms with van der Waals surface area (Å²) in [5.41, 5.74) is 6.11. The van der Waals surface area contributed by atoms with Crippen molar-refractivity contribution >= 4 is 22.2 Å². The van der Waals surface area contributed by atoms with Crippen molar-refractivity contribution in [1.82, 2.24) is 5.32 Å². The SMILES string of the molecule is CCNC(=O)c1ccsc1N. The molecular formula is C7H10N2OS. The molecule has 0 unspecified atom stereocenters. The monoisotopic (exact) mass is 170 g/mol. The van der Waals surface area contributed by atoms with Crippen molar-refractivity contribution in [3.05, 3.63) is 17.0 Å². The molecule has 11 heavy (non-hydrogen) atoms. The van der Waals surface area contributed by atoms with Gasteiger partial charge in [0.25, 0.3) is 5.91 Å². The number of thiophene rings is 1. The molecule has 1 rings (SSSR count). The third kappa shape index (κ3) is 1.71. The minimum absolute atomic E-state index is 0.0914. The van der Waals surface area contributed by atoms with Crippen LogP contribution in [0.2, 0.25) is 0 Å². The molecule has 0 spiro atoms. The van der Waals surface area contributed by atoms with Crippen LogP contribution in [0.5, 0.6) is 0 Å². The van der Waals surface area contributed by atoms with Gasteiger partial charge in [0, 0.05) is 6.54 Å². The van der Waals surface area contributed by atoms with E-state index in [0.29, 0.717) is 17.1 Å². The summed E-state index contributed by atoms with van der Waals surface area (Å²) < 4.78 is 0. The van der Waals surface area contributed by atoms with Crippen molar-refractivity contribution in [2.75, 3.05) is 12.3 Å². The number of nitrogens with one attached hydrogen (secondary N) is 1. The smallest absolute Gasteiger partial charge is 0.254 e. The average molecular weight is 170 g/mol. The zero-order chi connectivity index (χ0) is 8.27. The lowest BCUT2D eigenvalue weighted by molar-refractivity contribution is 0.0957. The minimum atomic E-state index is -0.0914. The van der Waals surface area contributed by atoms with Crippen LogP contribution in [-0.4, -0.2) is 12.5 Å². The topological polar surface area (TPSA) is 55.1 Å². The predicted molar refractivity (Wildman–Crippen MR) is 46.7 cm³/mol. The van der Waals surface area contributed by atoms with E-state index in [1.54, 1.807) is 11.4 Å². The van der Waals surface area contributed by atoms with Gasteiger partial charge < -0.3 is 11.1 Å². The highest BCUT2D eigenvalue weighted by Gasteiger charge is 2.07. The van der Waals surface area contributed by atoms with Crippen LogP contribution in [0.3, 0.4) is 0 Å². The number of hydrogen-bond acceptors (Lipinski definition) is 3. The van der Waals surface area contributed by atoms with Gasteiger partial charge in [0.1, 0.15) is 0 Å². The molecule has 0 aromatic carbocycles. The van der Waals surface area contributed by atoms with Gasteiger partial charge in [0.05, 0.1) is 10.6 Å². The molecule has 0 atom stereocenters. The fraction of sp³-hybridized carbons (Fsp3) is 0.286. The van der Waals surface area contributed by atoms with Crippen molar-refractivity contribution in [2.24, 2.45) is 0 Å². The number of rotatable bonds is 2. The van der Waals surface area contributed by atoms with Gasteiger partial charge in [0.2, 0.25) is 0 Å². The summed E-state index contributed by atoms with van der Waals surface area (Å²) in [6.45, 7) is 2.51. The summed E-state index contributed by atoms with van der Waals surface area (Å²) >= 11 is 1.38. The summed E-state index contributed by atoms with van der Waals surface area (Å²) in [6, 6.07) is 1.73. The number of nitrogen functional groups attached to an aromatic ring is 1. The molecule has 1 aromatic heterocycles. The second-order valence-corrected chi connectivity index (χ2v) is 3.01. The fourth-order valence-corrected chi connectivity index (χ4v) is 1.40. The first-order valence-electron chi connectivity index (χ1n) is 3.37. The van der Waals surface area contributed by atoms with Crippen LogP contribution in [0.25, 0.3) is 0 Å². The standard InChI is InChI=1S/C7H10N2OS/c1-2-9-7(10)5-3-4-11-6(5)8/h3-4H,2,8H2,1H3,(H,9,10). The summed E-state index contributed by atoms with van der Waals surface area (Å²) in [6.07, 6.45) is 0. The van der Waals surface area contributed by atoms with Crippen LogP contribution in [0.1, 0.15) is 17.3 Å². The number of carbonyl (C=O) groups excluding carboxylic acids is 1. The molecule has 0 aliphatic carbocycles. The maximum absolute atomic E-state index is 11.1. The van der Waals surface area contributed by atoms with E-state index >= 15 is 0 Å². The maximum Gasteiger partial charge on any atom is 0.254 e. The van der Waals surface area contributed by atoms with Crippen molar-refractivity contribution in [3.8, 4) is 0 Å². The normalized spacial score (nSPS) is 9.55. The highest BCUT2D eigenvalue weighted by Crippen LogP contribution is 2.18. The van der Waals surface area contributed by atoms with Gasteiger partial charge in [-0.15, -0.1) is 11.3 Å². The van der Waals surface area contributed by atoms with Crippen LogP contribution in [0, 0.1) is 0 Å². The van der Waals surface area contributed by atoms with Gasteiger partial charge in [-0.3, -0.25) is 4.79 Å². The molecule has 3 N–H and O–H groups in total. The highest BCUT2D eigenvalue weighted by atomic mass is 32.1. The Morgan fingerprint density at radius 2 is 2.55 bits per heavy atom. The number of amides is 1. The molecule has 0 aliphatic heterocycles. The first-order valence-corrected chi connectivity index (χ1v) is 4.24. The summed E-state index contributed by atoms with van der Waals surface area (Å²) in [5.74, 6) is -0.0914. The van der Waals surface area contributed by atoms with Gasteiger partial charge in [-0.1, -0.05) is 0 Å². The molecule has 1 aromatic rings. The highest BCUT2D eigenvalue weighted by molar-refractivity contribution is 7.14. The van der Waals surface area contributed by atoms with Crippen LogP contribution in [0.4, 0.5) is 5.00 Å². The van der Waals surface area contributed by atoms with E-state index in [1.807, 2.05) is 6.92 Å². The second-order valence-electron chi connectivity index (χ2n) is 2.06. The van der Waals surface area contributed by atoms with E-state index in [1.165, 1.54) is 11.3 Å². The maximum atomic E-state index is 11.1. The van der Waals surface area contributed by atoms with E-state index in [9.17, 15) is 4.79 Å². The van der Waals surface area contributed by atoms with Crippen molar-refractivity contribution in [2.45, 2.75) is 6.92 Å². The molecule has 1 amide bonds. The zero-order valence-corrected chi connectivity index (χ0v) is 7.07. The summed E-state index contributed by atoms with van der Waals surface area (Å²) in [4.78, 5) is 11.1. The quantitative estimate of drug-likeness (QED) is 0.697. The molecule has 0 fully saturated rings. The van der Waals surface area contributed by atoms with Crippen LogP contribution in [0.15, 0.2) is 11.4 Å². The van der Waals surface area contributed by atoms with E-state index < -0.39 is 0 Å². The predicted octanol–water partition coefficient (Wildman–Crippen LogP) is 1.08. The lowest BCUT2D eigenvalue weighted by atomic mass is 10.3. The van der Waals surface area contributed by atoms with Gasteiger partial charge in [-0.05, 0) is 18.4 Å². The Hall–Kier alpha value is -1.03. The van der Waals surface area contributed by atoms with Crippen molar-refractivity contribution in [1.29, 1.82) is 0 Å². The largest absolute Gasteiger partial charge is 0.390 e. The van der Waals surface area contributed by atoms with Crippen molar-refractivity contribution in [3.63, 3.8) is 0 Å². The number of nitrogens with two attached hydrogens (primary N) is 1. The Morgan fingerprint density at radius 1 is 1.82 bits per heavy atom. The third-order valence-corrected chi connectivity index (χ3v) is 2.02. The summed E-state index contributed by atoms with van der Waals surface area (Å²) in [7, 11) is 0. The van der Waals surface area contributed by atoms with Crippen LogP contribution < -0.4 is 11.1 Å². The molecule has 60 valence electrons. The van der Waals surface area contributed by atoms with Crippen molar-refractivity contribution < 1.29 is 4.79 Å². The van der Waals surface area contributed by atoms with Crippen LogP contribution in [-0.2, 0) is 0 Å². The Labute approximate surface area is 69.2 Å². The lowest BCUT2D eigenvalue weighted by Gasteiger charge is -1.98. The first kappa shape index (κ1) is 8.07. The summed E-state index contributed by atoms with van der Waals surface area (Å²) in [5, 5.41) is 5.06. The molecule has 3 nitrogen and oxygen atoms in total. The first-order chi connectivity index (χ1) is 5.25. The number of anilines is 1. The van der Waals surface area contributed by atoms with E-state index in [0.717, 1.165) is 0 Å². The molecule has 0 saturated heterocycles. The van der Waals surface area contributed by atoms with E-state index in [2.05, 4.69) is 5.32 Å². The van der Waals surface area contributed by atoms with E-state index in [-0.39, 0.29) is 5.91 Å². The molecular weight excluding hydrogens is 160 g/mol. The Kier molecular flexibility index (Phi) is 2.48. The molecule has 0 bridgehead atoms. The van der Waals surface area contributed by atoms with Crippen LogP contribution >= 0.6 is 11.3 Å². The van der Waals surface area contributed by atoms with Gasteiger partial charge >= 0.3 is 0 Å². The van der Waals surface area contributed by atoms with E-state index in [4.69, 9.17) is 5.73 Å². The molecule has 1 heterocycles. The number of hydrogen-bond donors (Lipinski definition) is 2. The Morgan fingerprint density at radius 3 is 3.00 bits per heavy atom. The Bertz CT molecular complexity index is 257. The minimum Gasteiger partial charge on any atom is -0.390 e. The van der Waals surface area contributed by atoms with Gasteiger partial charge in [0.15, 0.2) is 0 Å². The molecule has 0 aliphatic rings. The number of carbonyl (C=O) groups is 1. The Balaban J connectivity index is 2.76. The lowest BCUT2D eigenvalue weighted by Crippen LogP contribution is -2.22. The third-order valence-electron chi connectivity index (χ3n) is 1.28. The molecule has 0 saturated carbocycles.